The summed E-state index contributed by atoms with van der Waals surface area (Å²) in [6.07, 6.45) is 1.22. The van der Waals surface area contributed by atoms with Gasteiger partial charge in [0.2, 0.25) is 0 Å². The van der Waals surface area contributed by atoms with E-state index in [0.717, 1.165) is 69.8 Å². The topological polar surface area (TPSA) is 56.2 Å². The molecule has 3 heterocycles. The molecule has 0 amide bonds. The number of rotatable bonds is 5. The number of likely N-dealkylation sites (tertiary alicyclic amines) is 1. The van der Waals surface area contributed by atoms with Crippen molar-refractivity contribution < 1.29 is 4.74 Å². The molecule has 1 unspecified atom stereocenters. The van der Waals surface area contributed by atoms with Gasteiger partial charge in [-0.2, -0.15) is 0 Å². The first-order valence-electron chi connectivity index (χ1n) is 11.0. The Bertz CT molecular complexity index is 883. The number of morpholine rings is 1. The van der Waals surface area contributed by atoms with Crippen molar-refractivity contribution in [2.24, 2.45) is 10.9 Å². The summed E-state index contributed by atoms with van der Waals surface area (Å²) in [6.45, 7) is 7.90. The molecule has 2 saturated heterocycles. The molecule has 2 aliphatic rings. The van der Waals surface area contributed by atoms with E-state index in [1.54, 1.807) is 0 Å². The quantitative estimate of drug-likeness (QED) is 0.359. The Labute approximate surface area is 202 Å². The monoisotopic (exact) mass is 538 g/mol. The van der Waals surface area contributed by atoms with Crippen LogP contribution in [-0.4, -0.2) is 87.8 Å². The molecule has 2 aliphatic heterocycles. The SMILES string of the molecule is CN=C(NCc1cc(N(C)C)nc2ccccc12)N1CCC(CN2CCOCC2)C1.I. The lowest BCUT2D eigenvalue weighted by Crippen LogP contribution is -2.42. The number of nitrogens with zero attached hydrogens (tertiary/aromatic N) is 5. The fourth-order valence-electron chi connectivity index (χ4n) is 4.44. The third-order valence-electron chi connectivity index (χ3n) is 6.10. The highest BCUT2D eigenvalue weighted by Crippen LogP contribution is 2.23. The lowest BCUT2D eigenvalue weighted by Gasteiger charge is -2.29. The van der Waals surface area contributed by atoms with Crippen molar-refractivity contribution in [2.45, 2.75) is 13.0 Å². The van der Waals surface area contributed by atoms with Gasteiger partial charge >= 0.3 is 0 Å². The molecule has 2 fully saturated rings. The minimum atomic E-state index is 0. The van der Waals surface area contributed by atoms with Crippen LogP contribution in [0.25, 0.3) is 10.9 Å². The number of nitrogens with one attached hydrogen (secondary N) is 1. The Morgan fingerprint density at radius 3 is 2.74 bits per heavy atom. The van der Waals surface area contributed by atoms with Gasteiger partial charge in [0, 0.05) is 65.8 Å². The third kappa shape index (κ3) is 5.98. The molecule has 4 rings (SSSR count). The van der Waals surface area contributed by atoms with Gasteiger partial charge in [-0.15, -0.1) is 24.0 Å². The van der Waals surface area contributed by atoms with Crippen LogP contribution in [0.1, 0.15) is 12.0 Å². The van der Waals surface area contributed by atoms with E-state index in [4.69, 9.17) is 9.72 Å². The van der Waals surface area contributed by atoms with E-state index < -0.39 is 0 Å². The number of aliphatic imine (C=N–C) groups is 1. The summed E-state index contributed by atoms with van der Waals surface area (Å²) in [4.78, 5) is 16.3. The van der Waals surface area contributed by atoms with E-state index in [-0.39, 0.29) is 24.0 Å². The highest BCUT2D eigenvalue weighted by atomic mass is 127. The van der Waals surface area contributed by atoms with Gasteiger partial charge in [-0.1, -0.05) is 18.2 Å². The average Bonchev–Trinajstić information content (AvgIpc) is 3.22. The summed E-state index contributed by atoms with van der Waals surface area (Å²) >= 11 is 0. The fraction of sp³-hybridized carbons (Fsp3) is 0.565. The molecule has 1 atom stereocenters. The highest BCUT2D eigenvalue weighted by Gasteiger charge is 2.27. The number of anilines is 1. The normalized spacial score (nSPS) is 20.0. The Hall–Kier alpha value is -1.65. The van der Waals surface area contributed by atoms with E-state index in [0.29, 0.717) is 5.92 Å². The number of hydrogen-bond acceptors (Lipinski definition) is 5. The first kappa shape index (κ1) is 24.0. The van der Waals surface area contributed by atoms with Gasteiger partial charge in [0.1, 0.15) is 5.82 Å². The van der Waals surface area contributed by atoms with E-state index in [1.807, 2.05) is 27.2 Å². The minimum Gasteiger partial charge on any atom is -0.379 e. The predicted octanol–water partition coefficient (Wildman–Crippen LogP) is 2.65. The lowest BCUT2D eigenvalue weighted by atomic mass is 10.1. The number of guanidine groups is 1. The minimum absolute atomic E-state index is 0. The van der Waals surface area contributed by atoms with E-state index in [1.165, 1.54) is 17.4 Å². The zero-order valence-corrected chi connectivity index (χ0v) is 21.2. The van der Waals surface area contributed by atoms with Gasteiger partial charge in [-0.3, -0.25) is 9.89 Å². The molecule has 7 nitrogen and oxygen atoms in total. The molecule has 0 radical (unpaired) electrons. The van der Waals surface area contributed by atoms with Crippen molar-refractivity contribution in [2.75, 3.05) is 72.0 Å². The van der Waals surface area contributed by atoms with E-state index >= 15 is 0 Å². The smallest absolute Gasteiger partial charge is 0.193 e. The molecule has 1 aromatic heterocycles. The summed E-state index contributed by atoms with van der Waals surface area (Å²) in [5, 5.41) is 4.80. The van der Waals surface area contributed by atoms with Crippen molar-refractivity contribution in [1.29, 1.82) is 0 Å². The van der Waals surface area contributed by atoms with Gasteiger partial charge < -0.3 is 19.9 Å². The fourth-order valence-corrected chi connectivity index (χ4v) is 4.44. The van der Waals surface area contributed by atoms with Gasteiger partial charge in [-0.25, -0.2) is 4.98 Å². The van der Waals surface area contributed by atoms with Crippen LogP contribution in [0.3, 0.4) is 0 Å². The number of para-hydroxylation sites is 1. The van der Waals surface area contributed by atoms with Crippen LogP contribution in [-0.2, 0) is 11.3 Å². The largest absolute Gasteiger partial charge is 0.379 e. The van der Waals surface area contributed by atoms with Crippen LogP contribution < -0.4 is 10.2 Å². The standard InChI is InChI=1S/C23H34N6O.HI/c1-24-23(29-9-8-18(17-29)16-28-10-12-30-13-11-28)25-15-19-14-22(27(2)3)26-21-7-5-4-6-20(19)21;/h4-7,14,18H,8-13,15-17H2,1-3H3,(H,24,25);1H. The number of aromatic nitrogens is 1. The molecule has 0 spiro atoms. The third-order valence-corrected chi connectivity index (χ3v) is 6.10. The number of ether oxygens (including phenoxy) is 1. The lowest BCUT2D eigenvalue weighted by molar-refractivity contribution is 0.0315. The summed E-state index contributed by atoms with van der Waals surface area (Å²) < 4.78 is 5.48. The molecule has 31 heavy (non-hydrogen) atoms. The molecule has 1 aromatic carbocycles. The maximum atomic E-state index is 5.48. The van der Waals surface area contributed by atoms with Crippen molar-refractivity contribution in [3.8, 4) is 0 Å². The molecule has 0 bridgehead atoms. The Morgan fingerprint density at radius 2 is 2.00 bits per heavy atom. The van der Waals surface area contributed by atoms with Gasteiger partial charge in [0.25, 0.3) is 0 Å². The maximum Gasteiger partial charge on any atom is 0.193 e. The Balaban J connectivity index is 0.00000272. The second kappa shape index (κ2) is 11.3. The molecule has 0 aliphatic carbocycles. The van der Waals surface area contributed by atoms with Gasteiger partial charge in [-0.05, 0) is 30.0 Å². The average molecular weight is 538 g/mol. The number of benzene rings is 1. The van der Waals surface area contributed by atoms with Crippen LogP contribution in [0.15, 0.2) is 35.3 Å². The number of fused-ring (bicyclic) bond motifs is 1. The second-order valence-electron chi connectivity index (χ2n) is 8.47. The molecular formula is C23H35IN6O. The van der Waals surface area contributed by atoms with Crippen molar-refractivity contribution >= 4 is 46.7 Å². The zero-order chi connectivity index (χ0) is 20.9. The molecule has 0 saturated carbocycles. The molecule has 1 N–H and O–H groups in total. The molecule has 2 aromatic rings. The van der Waals surface area contributed by atoms with Gasteiger partial charge in [0.05, 0.1) is 18.7 Å². The first-order valence-corrected chi connectivity index (χ1v) is 11.0. The summed E-state index contributed by atoms with van der Waals surface area (Å²) in [5.41, 5.74) is 2.27. The van der Waals surface area contributed by atoms with Crippen molar-refractivity contribution in [3.05, 3.63) is 35.9 Å². The number of hydrogen-bond donors (Lipinski definition) is 1. The van der Waals surface area contributed by atoms with Crippen molar-refractivity contribution in [3.63, 3.8) is 0 Å². The second-order valence-corrected chi connectivity index (χ2v) is 8.47. The summed E-state index contributed by atoms with van der Waals surface area (Å²) in [7, 11) is 5.95. The van der Waals surface area contributed by atoms with Crippen molar-refractivity contribution in [1.82, 2.24) is 20.1 Å². The van der Waals surface area contributed by atoms with Crippen LogP contribution >= 0.6 is 24.0 Å². The number of pyridine rings is 1. The number of halogens is 1. The van der Waals surface area contributed by atoms with E-state index in [9.17, 15) is 0 Å². The Morgan fingerprint density at radius 1 is 1.23 bits per heavy atom. The molecular weight excluding hydrogens is 503 g/mol. The molecule has 170 valence electrons. The van der Waals surface area contributed by atoms with Gasteiger partial charge in [0.15, 0.2) is 5.96 Å². The molecule has 8 heteroatoms. The van der Waals surface area contributed by atoms with Crippen LogP contribution in [0.4, 0.5) is 5.82 Å². The van der Waals surface area contributed by atoms with E-state index in [2.05, 4.69) is 49.3 Å². The summed E-state index contributed by atoms with van der Waals surface area (Å²) in [6, 6.07) is 10.5. The summed E-state index contributed by atoms with van der Waals surface area (Å²) in [5.74, 6) is 2.67. The Kier molecular flexibility index (Phi) is 8.74. The zero-order valence-electron chi connectivity index (χ0n) is 18.9. The maximum absolute atomic E-state index is 5.48. The van der Waals surface area contributed by atoms with Crippen LogP contribution in [0.5, 0.6) is 0 Å². The van der Waals surface area contributed by atoms with Crippen LogP contribution in [0, 0.1) is 5.92 Å². The van der Waals surface area contributed by atoms with Crippen LogP contribution in [0.2, 0.25) is 0 Å². The highest BCUT2D eigenvalue weighted by molar-refractivity contribution is 14.0. The predicted molar refractivity (Wildman–Crippen MR) is 139 cm³/mol. The first-order chi connectivity index (χ1) is 14.6.